The molecule has 3 aliphatic rings. The second-order valence-electron chi connectivity index (χ2n) is 8.11. The van der Waals surface area contributed by atoms with Crippen LogP contribution in [0.5, 0.6) is 0 Å². The van der Waals surface area contributed by atoms with Gasteiger partial charge in [0.25, 0.3) is 5.91 Å². The van der Waals surface area contributed by atoms with E-state index < -0.39 is 0 Å². The number of hydrogen-bond donors (Lipinski definition) is 0. The second kappa shape index (κ2) is 9.31. The van der Waals surface area contributed by atoms with Crippen LogP contribution in [0.4, 0.5) is 4.39 Å². The van der Waals surface area contributed by atoms with Gasteiger partial charge in [-0.05, 0) is 73.8 Å². The van der Waals surface area contributed by atoms with Crippen molar-refractivity contribution in [3.63, 3.8) is 0 Å². The molecule has 0 bridgehead atoms. The van der Waals surface area contributed by atoms with Crippen molar-refractivity contribution < 1.29 is 9.18 Å². The summed E-state index contributed by atoms with van der Waals surface area (Å²) in [6.07, 6.45) is 16.6. The fourth-order valence-electron chi connectivity index (χ4n) is 4.04. The lowest BCUT2D eigenvalue weighted by Gasteiger charge is -2.19. The number of carbonyl (C=O) groups is 1. The molecule has 3 nitrogen and oxygen atoms in total. The molecule has 1 saturated heterocycles. The molecule has 2 heterocycles. The van der Waals surface area contributed by atoms with Crippen molar-refractivity contribution in [1.82, 2.24) is 4.90 Å². The van der Waals surface area contributed by atoms with Gasteiger partial charge in [0.2, 0.25) is 0 Å². The minimum absolute atomic E-state index is 0.0882. The fraction of sp³-hybridized carbons (Fsp3) is 0.500. The Morgan fingerprint density at radius 3 is 2.75 bits per heavy atom. The van der Waals surface area contributed by atoms with Crippen LogP contribution in [-0.2, 0) is 4.79 Å². The summed E-state index contributed by atoms with van der Waals surface area (Å²) in [5.74, 6) is 0.613. The number of rotatable bonds is 5. The number of amides is 1. The van der Waals surface area contributed by atoms with Gasteiger partial charge in [0, 0.05) is 31.4 Å². The van der Waals surface area contributed by atoms with Gasteiger partial charge in [-0.25, -0.2) is 4.39 Å². The standard InChI is InChI=1S/C24H31FN2O/c1-4-5-6-20-10-7-19(14-18-8-11-21(25)12-9-18)15-26-17(2)13-22-23(20)16-27(3)24(22)28/h7-8,10-13,18-19H,4-6,9,14-16H2,1-3H3/b10-7+,22-13+,23-20-,26-17?. The molecular formula is C24H31FN2O. The molecule has 150 valence electrons. The van der Waals surface area contributed by atoms with Crippen molar-refractivity contribution >= 4 is 11.6 Å². The number of likely N-dealkylation sites (tertiary alicyclic amines) is 1. The van der Waals surface area contributed by atoms with E-state index in [1.807, 2.05) is 26.1 Å². The Labute approximate surface area is 168 Å². The highest BCUT2D eigenvalue weighted by Gasteiger charge is 2.29. The molecule has 4 heteroatoms. The van der Waals surface area contributed by atoms with Crippen LogP contribution in [0.25, 0.3) is 0 Å². The van der Waals surface area contributed by atoms with E-state index in [0.29, 0.717) is 24.9 Å². The van der Waals surface area contributed by atoms with Crippen LogP contribution in [0.3, 0.4) is 0 Å². The second-order valence-corrected chi connectivity index (χ2v) is 8.11. The van der Waals surface area contributed by atoms with Crippen LogP contribution in [0.1, 0.15) is 46.0 Å². The van der Waals surface area contributed by atoms with Crippen LogP contribution in [0.15, 0.2) is 64.0 Å². The predicted molar refractivity (Wildman–Crippen MR) is 114 cm³/mol. The van der Waals surface area contributed by atoms with Crippen molar-refractivity contribution in [3.8, 4) is 0 Å². The summed E-state index contributed by atoms with van der Waals surface area (Å²) < 4.78 is 13.3. The lowest BCUT2D eigenvalue weighted by molar-refractivity contribution is -0.123. The maximum absolute atomic E-state index is 13.3. The molecule has 2 unspecified atom stereocenters. The van der Waals surface area contributed by atoms with E-state index in [1.54, 1.807) is 17.1 Å². The van der Waals surface area contributed by atoms with Crippen LogP contribution in [0.2, 0.25) is 0 Å². The Kier molecular flexibility index (Phi) is 6.82. The van der Waals surface area contributed by atoms with Gasteiger partial charge in [-0.15, -0.1) is 0 Å². The molecule has 0 N–H and O–H groups in total. The van der Waals surface area contributed by atoms with Crippen molar-refractivity contribution in [2.45, 2.75) is 46.0 Å². The van der Waals surface area contributed by atoms with Gasteiger partial charge in [-0.2, -0.15) is 0 Å². The minimum atomic E-state index is -0.133. The number of halogens is 1. The Balaban J connectivity index is 1.89. The monoisotopic (exact) mass is 382 g/mol. The number of likely N-dealkylation sites (N-methyl/N-ethyl adjacent to an activating group) is 1. The number of hydrogen-bond acceptors (Lipinski definition) is 2. The fourth-order valence-corrected chi connectivity index (χ4v) is 4.04. The largest absolute Gasteiger partial charge is 0.337 e. The zero-order valence-electron chi connectivity index (χ0n) is 17.2. The highest BCUT2D eigenvalue weighted by Crippen LogP contribution is 2.31. The summed E-state index contributed by atoms with van der Waals surface area (Å²) in [7, 11) is 1.86. The number of aliphatic imine (C=N–C) groups is 1. The molecule has 0 radical (unpaired) electrons. The van der Waals surface area contributed by atoms with Gasteiger partial charge in [-0.1, -0.05) is 31.6 Å². The Hall–Kier alpha value is -2.23. The summed E-state index contributed by atoms with van der Waals surface area (Å²) >= 11 is 0. The highest BCUT2D eigenvalue weighted by molar-refractivity contribution is 6.08. The Morgan fingerprint density at radius 1 is 1.25 bits per heavy atom. The third-order valence-corrected chi connectivity index (χ3v) is 5.73. The van der Waals surface area contributed by atoms with Crippen molar-refractivity contribution in [2.75, 3.05) is 20.1 Å². The lowest BCUT2D eigenvalue weighted by Crippen LogP contribution is -2.19. The Morgan fingerprint density at radius 2 is 2.04 bits per heavy atom. The van der Waals surface area contributed by atoms with E-state index >= 15 is 0 Å². The Bertz CT molecular complexity index is 797. The van der Waals surface area contributed by atoms with E-state index in [4.69, 9.17) is 4.99 Å². The predicted octanol–water partition coefficient (Wildman–Crippen LogP) is 5.34. The molecule has 1 aliphatic carbocycles. The molecule has 0 aromatic heterocycles. The zero-order chi connectivity index (χ0) is 20.1. The number of allylic oxidation sites excluding steroid dienone is 7. The van der Waals surface area contributed by atoms with Gasteiger partial charge >= 0.3 is 0 Å². The first-order chi connectivity index (χ1) is 13.5. The van der Waals surface area contributed by atoms with Crippen LogP contribution in [-0.4, -0.2) is 36.7 Å². The number of fused-ring (bicyclic) bond motifs is 1. The van der Waals surface area contributed by atoms with Crippen LogP contribution < -0.4 is 0 Å². The molecule has 1 fully saturated rings. The van der Waals surface area contributed by atoms with Crippen molar-refractivity contribution in [2.24, 2.45) is 16.8 Å². The SMILES string of the molecule is CCCCC1=C2\CN(C)C(=O)\C2=C\C(C)=NCC(CC2C=CC(F)=CC2)\C=C\1. The highest BCUT2D eigenvalue weighted by atomic mass is 19.1. The number of nitrogens with zero attached hydrogens (tertiary/aromatic N) is 2. The van der Waals surface area contributed by atoms with Gasteiger partial charge in [0.05, 0.1) is 0 Å². The van der Waals surface area contributed by atoms with Crippen LogP contribution >= 0.6 is 0 Å². The van der Waals surface area contributed by atoms with Crippen LogP contribution in [0, 0.1) is 11.8 Å². The van der Waals surface area contributed by atoms with E-state index in [9.17, 15) is 9.18 Å². The summed E-state index contributed by atoms with van der Waals surface area (Å²) in [6.45, 7) is 5.53. The number of unbranched alkanes of at least 4 members (excludes halogenated alkanes) is 1. The molecule has 2 aliphatic heterocycles. The van der Waals surface area contributed by atoms with E-state index in [2.05, 4.69) is 19.1 Å². The summed E-state index contributed by atoms with van der Waals surface area (Å²) in [6, 6.07) is 0. The summed E-state index contributed by atoms with van der Waals surface area (Å²) in [5.41, 5.74) is 4.12. The van der Waals surface area contributed by atoms with Gasteiger partial charge < -0.3 is 4.90 Å². The molecule has 2 atom stereocenters. The molecule has 28 heavy (non-hydrogen) atoms. The third-order valence-electron chi connectivity index (χ3n) is 5.73. The zero-order valence-corrected chi connectivity index (χ0v) is 17.2. The van der Waals surface area contributed by atoms with Crippen molar-refractivity contribution in [3.05, 3.63) is 59.0 Å². The van der Waals surface area contributed by atoms with Gasteiger partial charge in [-0.3, -0.25) is 9.79 Å². The molecule has 0 aromatic carbocycles. The average Bonchev–Trinajstić information content (AvgIpc) is 2.95. The van der Waals surface area contributed by atoms with Crippen molar-refractivity contribution in [1.29, 1.82) is 0 Å². The molecule has 1 amide bonds. The third kappa shape index (κ3) is 4.98. The van der Waals surface area contributed by atoms with Gasteiger partial charge in [0.1, 0.15) is 5.83 Å². The molecular weight excluding hydrogens is 351 g/mol. The van der Waals surface area contributed by atoms with E-state index in [1.165, 1.54) is 5.57 Å². The average molecular weight is 383 g/mol. The normalized spacial score (nSPS) is 31.1. The van der Waals surface area contributed by atoms with E-state index in [-0.39, 0.29) is 11.7 Å². The smallest absolute Gasteiger partial charge is 0.254 e. The molecule has 0 aromatic rings. The molecule has 3 rings (SSSR count). The first-order valence-corrected chi connectivity index (χ1v) is 10.4. The number of carbonyl (C=O) groups excluding carboxylic acids is 1. The quantitative estimate of drug-likeness (QED) is 0.632. The molecule has 0 saturated carbocycles. The lowest BCUT2D eigenvalue weighted by atomic mass is 9.88. The van der Waals surface area contributed by atoms with Gasteiger partial charge in [0.15, 0.2) is 0 Å². The maximum Gasteiger partial charge on any atom is 0.254 e. The summed E-state index contributed by atoms with van der Waals surface area (Å²) in [5, 5.41) is 0. The molecule has 0 spiro atoms. The first-order valence-electron chi connectivity index (χ1n) is 10.4. The maximum atomic E-state index is 13.3. The topological polar surface area (TPSA) is 32.7 Å². The summed E-state index contributed by atoms with van der Waals surface area (Å²) in [4.78, 5) is 19.1. The minimum Gasteiger partial charge on any atom is -0.337 e. The first kappa shape index (κ1) is 20.5. The van der Waals surface area contributed by atoms with E-state index in [0.717, 1.165) is 49.0 Å².